The second-order valence-corrected chi connectivity index (χ2v) is 7.22. The molecule has 3 rings (SSSR count). The average molecular weight is 380 g/mol. The van der Waals surface area contributed by atoms with Crippen LogP contribution in [0.25, 0.3) is 0 Å². The minimum Gasteiger partial charge on any atom is -0.493 e. The summed E-state index contributed by atoms with van der Waals surface area (Å²) in [5.41, 5.74) is 2.08. The Morgan fingerprint density at radius 2 is 1.84 bits per heavy atom. The molecule has 0 radical (unpaired) electrons. The minimum absolute atomic E-state index is 0.367. The number of benzene rings is 2. The highest BCUT2D eigenvalue weighted by atomic mass is 35.5. The first-order chi connectivity index (χ1) is 12.2. The molecule has 1 fully saturated rings. The number of methoxy groups -OCH3 is 1. The summed E-state index contributed by atoms with van der Waals surface area (Å²) >= 11 is 12.1. The van der Waals surface area contributed by atoms with E-state index in [4.69, 9.17) is 32.7 Å². The van der Waals surface area contributed by atoms with Gasteiger partial charge in [-0.25, -0.2) is 0 Å². The van der Waals surface area contributed by atoms with Crippen LogP contribution in [0.4, 0.5) is 0 Å². The summed E-state index contributed by atoms with van der Waals surface area (Å²) < 4.78 is 11.4. The van der Waals surface area contributed by atoms with E-state index in [9.17, 15) is 0 Å². The Kier molecular flexibility index (Phi) is 6.46. The molecule has 2 aromatic carbocycles. The van der Waals surface area contributed by atoms with Crippen molar-refractivity contribution >= 4 is 23.2 Å². The van der Waals surface area contributed by atoms with Crippen LogP contribution >= 0.6 is 23.2 Å². The molecule has 0 amide bonds. The second kappa shape index (κ2) is 8.79. The summed E-state index contributed by atoms with van der Waals surface area (Å²) in [4.78, 5) is 0. The second-order valence-electron chi connectivity index (χ2n) is 6.37. The first kappa shape index (κ1) is 18.4. The Morgan fingerprint density at radius 1 is 1.04 bits per heavy atom. The molecular formula is C20H23Cl2NO2. The van der Waals surface area contributed by atoms with Crippen molar-refractivity contribution in [2.45, 2.75) is 44.9 Å². The zero-order chi connectivity index (χ0) is 17.6. The Hall–Kier alpha value is -1.42. The highest BCUT2D eigenvalue weighted by Gasteiger charge is 2.14. The van der Waals surface area contributed by atoms with Gasteiger partial charge in [-0.05, 0) is 42.7 Å². The van der Waals surface area contributed by atoms with E-state index in [0.717, 1.165) is 17.9 Å². The van der Waals surface area contributed by atoms with Crippen LogP contribution in [0.3, 0.4) is 0 Å². The maximum absolute atomic E-state index is 6.19. The molecule has 0 spiro atoms. The van der Waals surface area contributed by atoms with Gasteiger partial charge in [0.1, 0.15) is 6.61 Å². The van der Waals surface area contributed by atoms with Gasteiger partial charge >= 0.3 is 0 Å². The zero-order valence-electron chi connectivity index (χ0n) is 14.4. The summed E-state index contributed by atoms with van der Waals surface area (Å²) in [6, 6.07) is 12.1. The lowest BCUT2D eigenvalue weighted by Gasteiger charge is -2.15. The summed E-state index contributed by atoms with van der Waals surface area (Å²) in [6.45, 7) is 1.22. The lowest BCUT2D eigenvalue weighted by molar-refractivity contribution is 0.284. The van der Waals surface area contributed by atoms with Crippen LogP contribution in [0.5, 0.6) is 11.5 Å². The van der Waals surface area contributed by atoms with Crippen molar-refractivity contribution in [1.82, 2.24) is 5.32 Å². The standard InChI is InChI=1S/C20H23Cl2NO2/c1-24-20-10-14(12-23-17-4-2-3-5-17)6-9-19(20)25-13-15-7-8-16(21)11-18(15)22/h6-11,17,23H,2-5,12-13H2,1H3. The molecule has 134 valence electrons. The van der Waals surface area contributed by atoms with Crippen molar-refractivity contribution < 1.29 is 9.47 Å². The molecule has 0 unspecified atom stereocenters. The predicted octanol–water partition coefficient (Wildman–Crippen LogP) is 5.61. The summed E-state index contributed by atoms with van der Waals surface area (Å²) in [7, 11) is 1.66. The number of ether oxygens (including phenoxy) is 2. The van der Waals surface area contributed by atoms with E-state index in [1.165, 1.54) is 31.2 Å². The maximum atomic E-state index is 6.19. The van der Waals surface area contributed by atoms with Gasteiger partial charge in [0.25, 0.3) is 0 Å². The van der Waals surface area contributed by atoms with Gasteiger partial charge in [0, 0.05) is 28.2 Å². The first-order valence-corrected chi connectivity index (χ1v) is 9.38. The summed E-state index contributed by atoms with van der Waals surface area (Å²) in [5, 5.41) is 4.83. The van der Waals surface area contributed by atoms with Crippen LogP contribution in [0.1, 0.15) is 36.8 Å². The van der Waals surface area contributed by atoms with E-state index in [0.29, 0.717) is 28.4 Å². The third-order valence-electron chi connectivity index (χ3n) is 4.58. The molecule has 0 aliphatic heterocycles. The van der Waals surface area contributed by atoms with Crippen LogP contribution in [-0.2, 0) is 13.2 Å². The van der Waals surface area contributed by atoms with Crippen LogP contribution in [-0.4, -0.2) is 13.2 Å². The van der Waals surface area contributed by atoms with Crippen molar-refractivity contribution in [2.24, 2.45) is 0 Å². The average Bonchev–Trinajstić information content (AvgIpc) is 3.13. The fraction of sp³-hybridized carbons (Fsp3) is 0.400. The van der Waals surface area contributed by atoms with Crippen molar-refractivity contribution in [1.29, 1.82) is 0 Å². The van der Waals surface area contributed by atoms with Crippen LogP contribution in [0.2, 0.25) is 10.0 Å². The predicted molar refractivity (Wildman–Crippen MR) is 103 cm³/mol. The molecular weight excluding hydrogens is 357 g/mol. The van der Waals surface area contributed by atoms with Crippen LogP contribution in [0.15, 0.2) is 36.4 Å². The van der Waals surface area contributed by atoms with Crippen molar-refractivity contribution in [3.05, 3.63) is 57.6 Å². The van der Waals surface area contributed by atoms with Crippen molar-refractivity contribution in [3.63, 3.8) is 0 Å². The molecule has 1 aliphatic rings. The molecule has 2 aromatic rings. The number of halogens is 2. The topological polar surface area (TPSA) is 30.5 Å². The van der Waals surface area contributed by atoms with Crippen molar-refractivity contribution in [2.75, 3.05) is 7.11 Å². The SMILES string of the molecule is COc1cc(CNC2CCCC2)ccc1OCc1ccc(Cl)cc1Cl. The summed E-state index contributed by atoms with van der Waals surface area (Å²) in [6.07, 6.45) is 5.22. The van der Waals surface area contributed by atoms with Gasteiger partial charge in [-0.1, -0.05) is 48.2 Å². The monoisotopic (exact) mass is 379 g/mol. The van der Waals surface area contributed by atoms with E-state index in [1.807, 2.05) is 18.2 Å². The highest BCUT2D eigenvalue weighted by molar-refractivity contribution is 6.35. The van der Waals surface area contributed by atoms with Gasteiger partial charge < -0.3 is 14.8 Å². The van der Waals surface area contributed by atoms with Gasteiger partial charge in [0.2, 0.25) is 0 Å². The molecule has 1 aliphatic carbocycles. The first-order valence-electron chi connectivity index (χ1n) is 8.63. The summed E-state index contributed by atoms with van der Waals surface area (Å²) in [5.74, 6) is 1.44. The smallest absolute Gasteiger partial charge is 0.161 e. The number of hydrogen-bond donors (Lipinski definition) is 1. The third-order valence-corrected chi connectivity index (χ3v) is 5.16. The van der Waals surface area contributed by atoms with E-state index >= 15 is 0 Å². The van der Waals surface area contributed by atoms with Crippen LogP contribution in [0, 0.1) is 0 Å². The molecule has 3 nitrogen and oxygen atoms in total. The van der Waals surface area contributed by atoms with E-state index in [1.54, 1.807) is 19.2 Å². The fourth-order valence-electron chi connectivity index (χ4n) is 3.13. The van der Waals surface area contributed by atoms with Gasteiger partial charge in [-0.15, -0.1) is 0 Å². The molecule has 5 heteroatoms. The number of rotatable bonds is 7. The zero-order valence-corrected chi connectivity index (χ0v) is 15.9. The molecule has 0 bridgehead atoms. The molecule has 0 aromatic heterocycles. The van der Waals surface area contributed by atoms with Crippen LogP contribution < -0.4 is 14.8 Å². The Morgan fingerprint density at radius 3 is 2.56 bits per heavy atom. The lowest BCUT2D eigenvalue weighted by Crippen LogP contribution is -2.25. The van der Waals surface area contributed by atoms with Gasteiger partial charge in [0.15, 0.2) is 11.5 Å². The van der Waals surface area contributed by atoms with Gasteiger partial charge in [0.05, 0.1) is 7.11 Å². The Labute approximate surface area is 159 Å². The largest absolute Gasteiger partial charge is 0.493 e. The van der Waals surface area contributed by atoms with E-state index < -0.39 is 0 Å². The molecule has 0 heterocycles. The normalized spacial score (nSPS) is 14.7. The lowest BCUT2D eigenvalue weighted by atomic mass is 10.1. The fourth-order valence-corrected chi connectivity index (χ4v) is 3.59. The molecule has 1 saturated carbocycles. The third kappa shape index (κ3) is 5.04. The molecule has 0 saturated heterocycles. The molecule has 25 heavy (non-hydrogen) atoms. The quantitative estimate of drug-likeness (QED) is 0.677. The maximum Gasteiger partial charge on any atom is 0.161 e. The molecule has 1 N–H and O–H groups in total. The molecule has 0 atom stereocenters. The van der Waals surface area contributed by atoms with Gasteiger partial charge in [-0.3, -0.25) is 0 Å². The van der Waals surface area contributed by atoms with Crippen molar-refractivity contribution in [3.8, 4) is 11.5 Å². The highest BCUT2D eigenvalue weighted by Crippen LogP contribution is 2.30. The minimum atomic E-state index is 0.367. The number of hydrogen-bond acceptors (Lipinski definition) is 3. The Bertz CT molecular complexity index is 715. The Balaban J connectivity index is 1.62. The van der Waals surface area contributed by atoms with E-state index in [2.05, 4.69) is 11.4 Å². The van der Waals surface area contributed by atoms with Gasteiger partial charge in [-0.2, -0.15) is 0 Å². The number of nitrogens with one attached hydrogen (secondary N) is 1. The van der Waals surface area contributed by atoms with E-state index in [-0.39, 0.29) is 0 Å².